The van der Waals surface area contributed by atoms with Crippen molar-refractivity contribution in [2.75, 3.05) is 37.4 Å². The van der Waals surface area contributed by atoms with E-state index in [9.17, 15) is 14.0 Å². The summed E-state index contributed by atoms with van der Waals surface area (Å²) < 4.78 is 24.8. The summed E-state index contributed by atoms with van der Waals surface area (Å²) in [4.78, 5) is 25.5. The Morgan fingerprint density at radius 1 is 1.03 bits per heavy atom. The van der Waals surface area contributed by atoms with Crippen molar-refractivity contribution < 1.29 is 28.4 Å². The lowest BCUT2D eigenvalue weighted by atomic mass is 10.2. The fourth-order valence-corrected chi connectivity index (χ4v) is 2.77. The summed E-state index contributed by atoms with van der Waals surface area (Å²) in [5, 5.41) is 5.36. The first-order chi connectivity index (χ1) is 14.3. The molecular weight excluding hydrogens is 389 g/mol. The summed E-state index contributed by atoms with van der Waals surface area (Å²) in [5.74, 6) is 0.0258. The highest BCUT2D eigenvalue weighted by molar-refractivity contribution is 5.94. The number of nitrogens with one attached hydrogen (secondary N) is 3. The summed E-state index contributed by atoms with van der Waals surface area (Å²) in [6, 6.07) is 10.6. The van der Waals surface area contributed by atoms with Gasteiger partial charge in [-0.1, -0.05) is 12.1 Å². The number of carbonyl (C=O) groups excluding carboxylic acids is 2. The van der Waals surface area contributed by atoms with Crippen molar-refractivity contribution in [2.45, 2.75) is 26.8 Å². The predicted octanol–water partition coefficient (Wildman–Crippen LogP) is 2.10. The Morgan fingerprint density at radius 3 is 2.37 bits per heavy atom. The minimum Gasteiger partial charge on any atom is -0.490 e. The second kappa shape index (κ2) is 11.2. The van der Waals surface area contributed by atoms with Gasteiger partial charge in [-0.15, -0.1) is 0 Å². The van der Waals surface area contributed by atoms with E-state index in [-0.39, 0.29) is 24.0 Å². The Labute approximate surface area is 176 Å². The van der Waals surface area contributed by atoms with E-state index in [4.69, 9.17) is 9.47 Å². The molecule has 0 bridgehead atoms. The van der Waals surface area contributed by atoms with Crippen LogP contribution in [0.15, 0.2) is 42.5 Å². The van der Waals surface area contributed by atoms with Crippen LogP contribution in [-0.4, -0.2) is 44.7 Å². The fourth-order valence-electron chi connectivity index (χ4n) is 2.77. The Balaban J connectivity index is 1.95. The van der Waals surface area contributed by atoms with Gasteiger partial charge in [0.1, 0.15) is 5.82 Å². The number of ether oxygens (including phenoxy) is 2. The van der Waals surface area contributed by atoms with Gasteiger partial charge >= 0.3 is 0 Å². The number of anilines is 2. The van der Waals surface area contributed by atoms with E-state index in [0.717, 1.165) is 0 Å². The lowest BCUT2D eigenvalue weighted by molar-refractivity contribution is -0.885. The molecule has 2 aromatic rings. The molecule has 162 valence electrons. The molecule has 0 aliphatic heterocycles. The number of benzene rings is 2. The van der Waals surface area contributed by atoms with Crippen LogP contribution in [0.5, 0.6) is 11.5 Å². The van der Waals surface area contributed by atoms with Gasteiger partial charge in [-0.3, -0.25) is 9.59 Å². The van der Waals surface area contributed by atoms with E-state index in [1.165, 1.54) is 12.1 Å². The molecule has 3 N–H and O–H groups in total. The number of hydrogen-bond acceptors (Lipinski definition) is 4. The third-order valence-electron chi connectivity index (χ3n) is 4.53. The molecule has 2 atom stereocenters. The lowest BCUT2D eigenvalue weighted by Gasteiger charge is -2.21. The maximum Gasteiger partial charge on any atom is 0.282 e. The van der Waals surface area contributed by atoms with Gasteiger partial charge in [0.05, 0.1) is 25.9 Å². The van der Waals surface area contributed by atoms with E-state index < -0.39 is 11.9 Å². The fraction of sp³-hybridized carbons (Fsp3) is 0.364. The van der Waals surface area contributed by atoms with Gasteiger partial charge in [0.15, 0.2) is 24.1 Å². The van der Waals surface area contributed by atoms with Gasteiger partial charge in [0.2, 0.25) is 0 Å². The normalized spacial score (nSPS) is 12.6. The average molecular weight is 418 g/mol. The van der Waals surface area contributed by atoms with Crippen molar-refractivity contribution in [2.24, 2.45) is 0 Å². The molecule has 2 rings (SSSR count). The van der Waals surface area contributed by atoms with Crippen molar-refractivity contribution >= 4 is 23.2 Å². The molecule has 0 aliphatic rings. The first-order valence-corrected chi connectivity index (χ1v) is 9.92. The van der Waals surface area contributed by atoms with Gasteiger partial charge in [-0.05, 0) is 45.0 Å². The number of para-hydroxylation sites is 1. The van der Waals surface area contributed by atoms with Crippen molar-refractivity contribution in [3.63, 3.8) is 0 Å². The van der Waals surface area contributed by atoms with E-state index in [1.807, 2.05) is 13.8 Å². The molecule has 0 radical (unpaired) electrons. The van der Waals surface area contributed by atoms with Crippen LogP contribution in [-0.2, 0) is 9.59 Å². The summed E-state index contributed by atoms with van der Waals surface area (Å²) in [6.45, 7) is 6.47. The van der Waals surface area contributed by atoms with E-state index >= 15 is 0 Å². The largest absolute Gasteiger partial charge is 0.490 e. The molecule has 7 nitrogen and oxygen atoms in total. The molecule has 0 spiro atoms. The van der Waals surface area contributed by atoms with Crippen molar-refractivity contribution in [3.8, 4) is 11.5 Å². The quantitative estimate of drug-likeness (QED) is 0.552. The molecule has 30 heavy (non-hydrogen) atoms. The minimum absolute atomic E-state index is 0.0586. The Kier molecular flexibility index (Phi) is 8.61. The zero-order chi connectivity index (χ0) is 22.1. The number of rotatable bonds is 10. The number of hydrogen-bond donors (Lipinski definition) is 3. The summed E-state index contributed by atoms with van der Waals surface area (Å²) >= 11 is 0. The monoisotopic (exact) mass is 418 g/mol. The van der Waals surface area contributed by atoms with Crippen LogP contribution in [0.2, 0.25) is 0 Å². The third-order valence-corrected chi connectivity index (χ3v) is 4.53. The molecule has 0 aromatic heterocycles. The molecule has 2 amide bonds. The second-order valence-corrected chi connectivity index (χ2v) is 6.79. The maximum atomic E-state index is 13.7. The summed E-state index contributed by atoms with van der Waals surface area (Å²) in [7, 11) is 1.73. The van der Waals surface area contributed by atoms with Crippen LogP contribution >= 0.6 is 0 Å². The zero-order valence-corrected chi connectivity index (χ0v) is 17.8. The third kappa shape index (κ3) is 6.45. The Bertz CT molecular complexity index is 875. The molecule has 2 aromatic carbocycles. The molecule has 0 aliphatic carbocycles. The van der Waals surface area contributed by atoms with Crippen LogP contribution < -0.4 is 25.0 Å². The second-order valence-electron chi connectivity index (χ2n) is 6.79. The van der Waals surface area contributed by atoms with Gasteiger partial charge in [0, 0.05) is 11.8 Å². The number of halogens is 1. The van der Waals surface area contributed by atoms with Crippen molar-refractivity contribution in [1.82, 2.24) is 0 Å². The number of amides is 2. The number of carbonyl (C=O) groups is 2. The summed E-state index contributed by atoms with van der Waals surface area (Å²) in [6.07, 6.45) is 0. The lowest BCUT2D eigenvalue weighted by Crippen LogP contribution is -3.14. The molecular formula is C22H29FN3O4+. The van der Waals surface area contributed by atoms with E-state index in [1.54, 1.807) is 44.3 Å². The molecule has 0 saturated heterocycles. The molecule has 8 heteroatoms. The highest BCUT2D eigenvalue weighted by Crippen LogP contribution is 2.30. The predicted molar refractivity (Wildman–Crippen MR) is 114 cm³/mol. The molecule has 0 heterocycles. The van der Waals surface area contributed by atoms with Crippen LogP contribution in [0.4, 0.5) is 15.8 Å². The number of quaternary nitrogens is 1. The molecule has 0 saturated carbocycles. The minimum atomic E-state index is -0.560. The first-order valence-electron chi connectivity index (χ1n) is 9.92. The van der Waals surface area contributed by atoms with Crippen molar-refractivity contribution in [3.05, 3.63) is 48.3 Å². The van der Waals surface area contributed by atoms with Gasteiger partial charge in [0.25, 0.3) is 11.8 Å². The standard InChI is InChI=1S/C22H28FN3O4/c1-5-29-19-12-11-16(13-20(19)30-6-2)24-21(27)14-26(4)15(3)22(28)25-18-10-8-7-9-17(18)23/h7-13,15H,5-6,14H2,1-4H3,(H,24,27)(H,25,28)/p+1/t15-/m0/s1. The molecule has 0 fully saturated rings. The Hall–Kier alpha value is -3.13. The number of likely N-dealkylation sites (N-methyl/N-ethyl adjacent to an activating group) is 1. The maximum absolute atomic E-state index is 13.7. The SMILES string of the molecule is CCOc1ccc(NC(=O)C[NH+](C)[C@@H](C)C(=O)Nc2ccccc2F)cc1OCC. The van der Waals surface area contributed by atoms with Gasteiger partial charge in [-0.25, -0.2) is 4.39 Å². The molecule has 1 unspecified atom stereocenters. The average Bonchev–Trinajstić information content (AvgIpc) is 2.71. The smallest absolute Gasteiger partial charge is 0.282 e. The van der Waals surface area contributed by atoms with E-state index in [2.05, 4.69) is 10.6 Å². The van der Waals surface area contributed by atoms with Crippen LogP contribution in [0.25, 0.3) is 0 Å². The zero-order valence-electron chi connectivity index (χ0n) is 17.8. The first kappa shape index (κ1) is 23.2. The van der Waals surface area contributed by atoms with Crippen molar-refractivity contribution in [1.29, 1.82) is 0 Å². The summed E-state index contributed by atoms with van der Waals surface area (Å²) in [5.41, 5.74) is 0.688. The van der Waals surface area contributed by atoms with Crippen LogP contribution in [0, 0.1) is 5.82 Å². The highest BCUT2D eigenvalue weighted by Gasteiger charge is 2.24. The Morgan fingerprint density at radius 2 is 1.70 bits per heavy atom. The topological polar surface area (TPSA) is 81.1 Å². The van der Waals surface area contributed by atoms with Gasteiger partial charge in [-0.2, -0.15) is 0 Å². The van der Waals surface area contributed by atoms with Crippen LogP contribution in [0.1, 0.15) is 20.8 Å². The van der Waals surface area contributed by atoms with Crippen LogP contribution in [0.3, 0.4) is 0 Å². The van der Waals surface area contributed by atoms with Gasteiger partial charge < -0.3 is 25.0 Å². The van der Waals surface area contributed by atoms with E-state index in [0.29, 0.717) is 35.3 Å². The highest BCUT2D eigenvalue weighted by atomic mass is 19.1.